The third-order valence-electron chi connectivity index (χ3n) is 5.20. The van der Waals surface area contributed by atoms with Gasteiger partial charge in [-0.2, -0.15) is 0 Å². The van der Waals surface area contributed by atoms with Gasteiger partial charge in [0.15, 0.2) is 6.61 Å². The van der Waals surface area contributed by atoms with Crippen LogP contribution in [-0.4, -0.2) is 42.6 Å². The van der Waals surface area contributed by atoms with Crippen molar-refractivity contribution in [3.63, 3.8) is 0 Å². The first-order valence-electron chi connectivity index (χ1n) is 11.1. The van der Waals surface area contributed by atoms with Gasteiger partial charge in [-0.1, -0.05) is 78.9 Å². The van der Waals surface area contributed by atoms with Crippen molar-refractivity contribution in [3.8, 4) is 0 Å². The molecule has 182 valence electrons. The Hall–Kier alpha value is -4.20. The second-order valence-electron chi connectivity index (χ2n) is 7.90. The number of halogens is 1. The van der Waals surface area contributed by atoms with E-state index in [1.807, 2.05) is 60.7 Å². The molecule has 0 aliphatic rings. The standard InChI is InChI=1S/C27H27FN2O5/c1-30(17-22-14-8-9-15-23(22)28)25(31)19-34-26(32)24(16-20-10-4-2-5-11-20)29-27(33)35-18-21-12-6-3-7-13-21/h2-15,24H,16-19H2,1H3,(H,29,33)/t24-/m0/s1. The number of hydrogen-bond donors (Lipinski definition) is 1. The lowest BCUT2D eigenvalue weighted by molar-refractivity contribution is -0.153. The maximum atomic E-state index is 13.9. The number of hydrogen-bond acceptors (Lipinski definition) is 5. The summed E-state index contributed by atoms with van der Waals surface area (Å²) >= 11 is 0. The number of carbonyl (C=O) groups excluding carboxylic acids is 3. The van der Waals surface area contributed by atoms with Gasteiger partial charge in [0.25, 0.3) is 5.91 Å². The molecular weight excluding hydrogens is 451 g/mol. The van der Waals surface area contributed by atoms with Crippen molar-refractivity contribution in [2.24, 2.45) is 0 Å². The number of likely N-dealkylation sites (N-methyl/N-ethyl adjacent to an activating group) is 1. The van der Waals surface area contributed by atoms with Crippen molar-refractivity contribution in [2.45, 2.75) is 25.6 Å². The SMILES string of the molecule is CN(Cc1ccccc1F)C(=O)COC(=O)[C@H](Cc1ccccc1)NC(=O)OCc1ccccc1. The van der Waals surface area contributed by atoms with Crippen LogP contribution in [-0.2, 0) is 38.6 Å². The Labute approximate surface area is 203 Å². The normalized spacial score (nSPS) is 11.3. The molecule has 1 atom stereocenters. The number of nitrogens with one attached hydrogen (secondary N) is 1. The molecule has 0 saturated heterocycles. The monoisotopic (exact) mass is 478 g/mol. The summed E-state index contributed by atoms with van der Waals surface area (Å²) in [5.41, 5.74) is 1.94. The summed E-state index contributed by atoms with van der Waals surface area (Å²) in [6.07, 6.45) is -0.631. The minimum atomic E-state index is -1.06. The highest BCUT2D eigenvalue weighted by atomic mass is 19.1. The van der Waals surface area contributed by atoms with E-state index in [4.69, 9.17) is 9.47 Å². The number of carbonyl (C=O) groups is 3. The molecule has 0 aliphatic carbocycles. The Morgan fingerprint density at radius 1 is 0.857 bits per heavy atom. The summed E-state index contributed by atoms with van der Waals surface area (Å²) in [6.45, 7) is -0.477. The van der Waals surface area contributed by atoms with Gasteiger partial charge in [0, 0.05) is 25.6 Å². The molecule has 0 aliphatic heterocycles. The summed E-state index contributed by atoms with van der Waals surface area (Å²) in [6, 6.07) is 23.3. The Balaban J connectivity index is 1.57. The molecule has 3 aromatic carbocycles. The molecule has 0 aromatic heterocycles. The first-order chi connectivity index (χ1) is 16.9. The zero-order valence-corrected chi connectivity index (χ0v) is 19.4. The van der Waals surface area contributed by atoms with Crippen molar-refractivity contribution >= 4 is 18.0 Å². The molecule has 0 spiro atoms. The zero-order valence-electron chi connectivity index (χ0n) is 19.4. The number of rotatable bonds is 10. The molecule has 2 amide bonds. The summed E-state index contributed by atoms with van der Waals surface area (Å²) in [5.74, 6) is -1.71. The number of benzene rings is 3. The number of amides is 2. The van der Waals surface area contributed by atoms with Gasteiger partial charge in [0.2, 0.25) is 0 Å². The summed E-state index contributed by atoms with van der Waals surface area (Å²) in [4.78, 5) is 38.8. The zero-order chi connectivity index (χ0) is 25.0. The number of nitrogens with zero attached hydrogens (tertiary/aromatic N) is 1. The Kier molecular flexibility index (Phi) is 9.36. The van der Waals surface area contributed by atoms with E-state index < -0.39 is 36.4 Å². The minimum Gasteiger partial charge on any atom is -0.454 e. The fourth-order valence-corrected chi connectivity index (χ4v) is 3.26. The Morgan fingerprint density at radius 2 is 1.46 bits per heavy atom. The maximum absolute atomic E-state index is 13.9. The van der Waals surface area contributed by atoms with Gasteiger partial charge >= 0.3 is 12.1 Å². The molecule has 0 radical (unpaired) electrons. The highest BCUT2D eigenvalue weighted by Gasteiger charge is 2.25. The van der Waals surface area contributed by atoms with Crippen LogP contribution in [0.15, 0.2) is 84.9 Å². The first-order valence-corrected chi connectivity index (χ1v) is 11.1. The summed E-state index contributed by atoms with van der Waals surface area (Å²) < 4.78 is 24.3. The molecule has 3 aromatic rings. The van der Waals surface area contributed by atoms with Crippen LogP contribution >= 0.6 is 0 Å². The molecule has 0 heterocycles. The van der Waals surface area contributed by atoms with Gasteiger partial charge in [0.05, 0.1) is 0 Å². The van der Waals surface area contributed by atoms with Crippen molar-refractivity contribution < 1.29 is 28.2 Å². The maximum Gasteiger partial charge on any atom is 0.408 e. The van der Waals surface area contributed by atoms with E-state index in [0.29, 0.717) is 5.56 Å². The summed E-state index contributed by atoms with van der Waals surface area (Å²) in [7, 11) is 1.49. The fraction of sp³-hybridized carbons (Fsp3) is 0.222. The van der Waals surface area contributed by atoms with Crippen LogP contribution in [0.4, 0.5) is 9.18 Å². The predicted molar refractivity (Wildman–Crippen MR) is 128 cm³/mol. The number of esters is 1. The van der Waals surface area contributed by atoms with Gasteiger partial charge in [0.1, 0.15) is 18.5 Å². The van der Waals surface area contributed by atoms with E-state index in [-0.39, 0.29) is 19.6 Å². The van der Waals surface area contributed by atoms with E-state index in [1.165, 1.54) is 18.0 Å². The Bertz CT molecular complexity index is 1120. The van der Waals surface area contributed by atoms with Crippen LogP contribution in [0.1, 0.15) is 16.7 Å². The second-order valence-corrected chi connectivity index (χ2v) is 7.90. The number of alkyl carbamates (subject to hydrolysis) is 1. The van der Waals surface area contributed by atoms with Crippen LogP contribution in [0.5, 0.6) is 0 Å². The average Bonchev–Trinajstić information content (AvgIpc) is 2.88. The molecular formula is C27H27FN2O5. The van der Waals surface area contributed by atoms with Gasteiger partial charge in [-0.25, -0.2) is 14.0 Å². The molecule has 0 fully saturated rings. The van der Waals surface area contributed by atoms with Crippen LogP contribution in [0, 0.1) is 5.82 Å². The average molecular weight is 479 g/mol. The van der Waals surface area contributed by atoms with Crippen molar-refractivity contribution in [3.05, 3.63) is 107 Å². The quantitative estimate of drug-likeness (QED) is 0.447. The van der Waals surface area contributed by atoms with Gasteiger partial charge in [-0.15, -0.1) is 0 Å². The summed E-state index contributed by atoms with van der Waals surface area (Å²) in [5, 5.41) is 2.53. The third kappa shape index (κ3) is 8.26. The van der Waals surface area contributed by atoms with Crippen LogP contribution in [0.2, 0.25) is 0 Å². The largest absolute Gasteiger partial charge is 0.454 e. The van der Waals surface area contributed by atoms with Crippen LogP contribution in [0.3, 0.4) is 0 Å². The lowest BCUT2D eigenvalue weighted by Crippen LogP contribution is -2.44. The molecule has 0 unspecified atom stereocenters. The van der Waals surface area contributed by atoms with Crippen LogP contribution < -0.4 is 5.32 Å². The topological polar surface area (TPSA) is 84.9 Å². The second kappa shape index (κ2) is 12.9. The molecule has 3 rings (SSSR count). The lowest BCUT2D eigenvalue weighted by Gasteiger charge is -2.20. The van der Waals surface area contributed by atoms with E-state index >= 15 is 0 Å². The smallest absolute Gasteiger partial charge is 0.408 e. The molecule has 7 nitrogen and oxygen atoms in total. The molecule has 0 bridgehead atoms. The highest BCUT2D eigenvalue weighted by molar-refractivity contribution is 5.85. The van der Waals surface area contributed by atoms with Gasteiger partial charge in [-0.05, 0) is 17.2 Å². The van der Waals surface area contributed by atoms with E-state index in [0.717, 1.165) is 11.1 Å². The molecule has 1 N–H and O–H groups in total. The number of ether oxygens (including phenoxy) is 2. The van der Waals surface area contributed by atoms with E-state index in [1.54, 1.807) is 18.2 Å². The fourth-order valence-electron chi connectivity index (χ4n) is 3.26. The third-order valence-corrected chi connectivity index (χ3v) is 5.20. The molecule has 8 heteroatoms. The first kappa shape index (κ1) is 25.4. The Morgan fingerprint density at radius 3 is 2.11 bits per heavy atom. The van der Waals surface area contributed by atoms with Gasteiger partial charge < -0.3 is 19.7 Å². The minimum absolute atomic E-state index is 0.0283. The van der Waals surface area contributed by atoms with E-state index in [9.17, 15) is 18.8 Å². The molecule has 0 saturated carbocycles. The molecule has 35 heavy (non-hydrogen) atoms. The highest BCUT2D eigenvalue weighted by Crippen LogP contribution is 2.10. The predicted octanol–water partition coefficient (Wildman–Crippen LogP) is 3.87. The lowest BCUT2D eigenvalue weighted by atomic mass is 10.1. The van der Waals surface area contributed by atoms with Crippen LogP contribution in [0.25, 0.3) is 0 Å². The van der Waals surface area contributed by atoms with Crippen molar-refractivity contribution in [1.29, 1.82) is 0 Å². The van der Waals surface area contributed by atoms with E-state index in [2.05, 4.69) is 5.32 Å². The van der Waals surface area contributed by atoms with Gasteiger partial charge in [-0.3, -0.25) is 4.79 Å². The van der Waals surface area contributed by atoms with Crippen molar-refractivity contribution in [2.75, 3.05) is 13.7 Å². The van der Waals surface area contributed by atoms with Crippen molar-refractivity contribution in [1.82, 2.24) is 10.2 Å².